The van der Waals surface area contributed by atoms with Gasteiger partial charge < -0.3 is 14.2 Å². The van der Waals surface area contributed by atoms with Gasteiger partial charge in [-0.3, -0.25) is 4.79 Å². The van der Waals surface area contributed by atoms with Gasteiger partial charge in [-0.15, -0.1) is 0 Å². The lowest BCUT2D eigenvalue weighted by molar-refractivity contribution is 0.120. The molecule has 3 aromatic carbocycles. The predicted molar refractivity (Wildman–Crippen MR) is 115 cm³/mol. The smallest absolute Gasteiger partial charge is 0.195 e. The quantitative estimate of drug-likeness (QED) is 0.493. The van der Waals surface area contributed by atoms with Crippen LogP contribution >= 0.6 is 0 Å². The van der Waals surface area contributed by atoms with Gasteiger partial charge in [0.05, 0.1) is 13.2 Å². The Morgan fingerprint density at radius 2 is 1.45 bits per heavy atom. The van der Waals surface area contributed by atoms with Crippen LogP contribution in [0.25, 0.3) is 22.3 Å². The van der Waals surface area contributed by atoms with E-state index in [0.29, 0.717) is 19.8 Å². The van der Waals surface area contributed by atoms with Gasteiger partial charge in [0, 0.05) is 17.7 Å². The van der Waals surface area contributed by atoms with Gasteiger partial charge in [-0.05, 0) is 72.7 Å². The highest BCUT2D eigenvalue weighted by Crippen LogP contribution is 2.42. The van der Waals surface area contributed by atoms with Gasteiger partial charge in [0.1, 0.15) is 18.1 Å². The number of ether oxygens (including phenoxy) is 3. The summed E-state index contributed by atoms with van der Waals surface area (Å²) in [6.45, 7) is 7.97. The summed E-state index contributed by atoms with van der Waals surface area (Å²) in [4.78, 5) is 12.6. The van der Waals surface area contributed by atoms with E-state index in [2.05, 4.69) is 26.0 Å². The molecule has 0 bridgehead atoms. The van der Waals surface area contributed by atoms with Crippen LogP contribution in [0.1, 0.15) is 30.9 Å². The van der Waals surface area contributed by atoms with Gasteiger partial charge >= 0.3 is 0 Å². The first-order valence-corrected chi connectivity index (χ1v) is 10.4. The molecule has 0 heterocycles. The van der Waals surface area contributed by atoms with Crippen LogP contribution < -0.4 is 14.9 Å². The lowest BCUT2D eigenvalue weighted by Crippen LogP contribution is -2.07. The molecule has 1 radical (unpaired) electrons. The standard InChI is InChI=1S/C25H27O4/c1-3-5-12-28-19-8-10-21-17(15-19)6-7-18-16-20(29-14-13-27-4-2)9-11-22(18)24-23(21)25(24)26/h8-11,15-16H,2-7,12-14H2,1H3. The molecule has 0 amide bonds. The van der Waals surface area contributed by atoms with Crippen molar-refractivity contribution in [1.29, 1.82) is 0 Å². The number of aryl methyl sites for hydroxylation is 2. The van der Waals surface area contributed by atoms with E-state index in [-0.39, 0.29) is 5.43 Å². The van der Waals surface area contributed by atoms with Crippen LogP contribution in [-0.4, -0.2) is 26.4 Å². The second-order valence-corrected chi connectivity index (χ2v) is 7.38. The Hall–Kier alpha value is -2.59. The molecule has 29 heavy (non-hydrogen) atoms. The van der Waals surface area contributed by atoms with E-state index in [1.165, 1.54) is 5.56 Å². The number of fused-ring (bicyclic) bond motifs is 5. The summed E-state index contributed by atoms with van der Waals surface area (Å²) in [5.41, 5.74) is 6.31. The van der Waals surface area contributed by atoms with Gasteiger partial charge in [-0.25, -0.2) is 0 Å². The molecular weight excluding hydrogens is 364 g/mol. The van der Waals surface area contributed by atoms with Crippen molar-refractivity contribution in [3.05, 3.63) is 64.7 Å². The minimum atomic E-state index is 0.159. The first-order valence-electron chi connectivity index (χ1n) is 10.4. The van der Waals surface area contributed by atoms with E-state index in [4.69, 9.17) is 14.2 Å². The molecule has 0 N–H and O–H groups in total. The molecule has 0 saturated heterocycles. The van der Waals surface area contributed by atoms with Gasteiger partial charge in [0.25, 0.3) is 0 Å². The van der Waals surface area contributed by atoms with Crippen molar-refractivity contribution in [2.24, 2.45) is 0 Å². The van der Waals surface area contributed by atoms with Crippen molar-refractivity contribution in [2.75, 3.05) is 26.4 Å². The normalized spacial score (nSPS) is 12.6. The molecule has 1 aliphatic rings. The van der Waals surface area contributed by atoms with Crippen LogP contribution in [0.3, 0.4) is 0 Å². The Labute approximate surface area is 172 Å². The van der Waals surface area contributed by atoms with E-state index in [0.717, 1.165) is 71.6 Å². The highest BCUT2D eigenvalue weighted by Gasteiger charge is 2.30. The van der Waals surface area contributed by atoms with Crippen molar-refractivity contribution in [3.8, 4) is 33.8 Å². The summed E-state index contributed by atoms with van der Waals surface area (Å²) >= 11 is 0. The van der Waals surface area contributed by atoms with Gasteiger partial charge in [-0.2, -0.15) is 0 Å². The van der Waals surface area contributed by atoms with Crippen molar-refractivity contribution in [2.45, 2.75) is 32.6 Å². The van der Waals surface area contributed by atoms with E-state index >= 15 is 0 Å². The molecular formula is C25H27O4. The Bertz CT molecular complexity index is 995. The number of hydrogen-bond donors (Lipinski definition) is 0. The third kappa shape index (κ3) is 4.23. The van der Waals surface area contributed by atoms with Crippen LogP contribution in [0.15, 0.2) is 41.2 Å². The van der Waals surface area contributed by atoms with E-state index in [1.807, 2.05) is 24.3 Å². The third-order valence-corrected chi connectivity index (χ3v) is 5.40. The monoisotopic (exact) mass is 391 g/mol. The Morgan fingerprint density at radius 1 is 0.862 bits per heavy atom. The first kappa shape index (κ1) is 19.7. The predicted octanol–water partition coefficient (Wildman–Crippen LogP) is 4.76. The average molecular weight is 391 g/mol. The molecule has 1 aliphatic carbocycles. The SMILES string of the molecule is [CH2]COCCOc1ccc2c(c1)CCc1cc(OCCCC)ccc1-c1c-2c1=O. The van der Waals surface area contributed by atoms with Crippen molar-refractivity contribution < 1.29 is 14.2 Å². The number of unbranched alkanes of at least 4 members (excludes halogenated alkanes) is 1. The third-order valence-electron chi connectivity index (χ3n) is 5.40. The maximum atomic E-state index is 12.6. The minimum absolute atomic E-state index is 0.159. The van der Waals surface area contributed by atoms with Crippen LogP contribution in [-0.2, 0) is 17.6 Å². The molecule has 0 aromatic heterocycles. The fourth-order valence-electron chi connectivity index (χ4n) is 3.83. The Kier molecular flexibility index (Phi) is 6.00. The first-order chi connectivity index (χ1) is 14.2. The van der Waals surface area contributed by atoms with E-state index in [9.17, 15) is 4.79 Å². The molecule has 4 rings (SSSR count). The summed E-state index contributed by atoms with van der Waals surface area (Å²) in [7, 11) is 0. The average Bonchev–Trinajstić information content (AvgIpc) is 3.38. The zero-order valence-corrected chi connectivity index (χ0v) is 17.0. The molecule has 0 spiro atoms. The van der Waals surface area contributed by atoms with Crippen LogP contribution in [0, 0.1) is 6.92 Å². The van der Waals surface area contributed by atoms with Crippen molar-refractivity contribution in [3.63, 3.8) is 0 Å². The second-order valence-electron chi connectivity index (χ2n) is 7.38. The zero-order valence-electron chi connectivity index (χ0n) is 17.0. The fraction of sp³-hybridized carbons (Fsp3) is 0.360. The molecule has 0 fully saturated rings. The number of hydrogen-bond acceptors (Lipinski definition) is 4. The van der Waals surface area contributed by atoms with E-state index in [1.54, 1.807) is 0 Å². The van der Waals surface area contributed by atoms with Gasteiger partial charge in [0.2, 0.25) is 0 Å². The minimum Gasteiger partial charge on any atom is -0.494 e. The highest BCUT2D eigenvalue weighted by molar-refractivity contribution is 5.96. The lowest BCUT2D eigenvalue weighted by Gasteiger charge is -2.16. The molecule has 3 aromatic rings. The maximum Gasteiger partial charge on any atom is 0.195 e. The lowest BCUT2D eigenvalue weighted by atomic mass is 9.91. The second kappa shape index (κ2) is 8.83. The highest BCUT2D eigenvalue weighted by atomic mass is 16.5. The van der Waals surface area contributed by atoms with Crippen LogP contribution in [0.5, 0.6) is 11.5 Å². The van der Waals surface area contributed by atoms with Crippen LogP contribution in [0.2, 0.25) is 0 Å². The molecule has 0 aliphatic heterocycles. The molecule has 0 saturated carbocycles. The topological polar surface area (TPSA) is 44.8 Å². The molecule has 4 heteroatoms. The zero-order chi connectivity index (χ0) is 20.2. The van der Waals surface area contributed by atoms with Crippen molar-refractivity contribution >= 4 is 0 Å². The van der Waals surface area contributed by atoms with E-state index < -0.39 is 0 Å². The molecule has 4 nitrogen and oxygen atoms in total. The summed E-state index contributed by atoms with van der Waals surface area (Å²) in [5.74, 6) is 1.69. The maximum absolute atomic E-state index is 12.6. The largest absolute Gasteiger partial charge is 0.494 e. The number of rotatable bonds is 9. The molecule has 0 unspecified atom stereocenters. The summed E-state index contributed by atoms with van der Waals surface area (Å²) < 4.78 is 16.9. The summed E-state index contributed by atoms with van der Waals surface area (Å²) in [6.07, 6.45) is 3.88. The van der Waals surface area contributed by atoms with Gasteiger partial charge in [0.15, 0.2) is 5.43 Å². The van der Waals surface area contributed by atoms with Crippen LogP contribution in [0.4, 0.5) is 0 Å². The van der Waals surface area contributed by atoms with Gasteiger partial charge in [-0.1, -0.05) is 25.5 Å². The van der Waals surface area contributed by atoms with Crippen molar-refractivity contribution in [1.82, 2.24) is 0 Å². The fourth-order valence-corrected chi connectivity index (χ4v) is 3.83. The Balaban J connectivity index is 1.57. The summed E-state index contributed by atoms with van der Waals surface area (Å²) in [5, 5.41) is 0. The summed E-state index contributed by atoms with van der Waals surface area (Å²) in [6, 6.07) is 12.1. The Morgan fingerprint density at radius 3 is 2.00 bits per heavy atom. The molecule has 151 valence electrons. The molecule has 0 atom stereocenters. The number of benzene rings is 2.